The molecule has 0 fully saturated rings. The highest BCUT2D eigenvalue weighted by Gasteiger charge is 2.13. The Hall–Kier alpha value is -1.42. The summed E-state index contributed by atoms with van der Waals surface area (Å²) >= 11 is 3.40. The molecule has 0 aliphatic heterocycles. The average Bonchev–Trinajstić information content (AvgIpc) is 2.38. The van der Waals surface area contributed by atoms with Crippen LogP contribution < -0.4 is 4.74 Å². The van der Waals surface area contributed by atoms with E-state index in [-0.39, 0.29) is 5.41 Å². The Balaban J connectivity index is 2.18. The van der Waals surface area contributed by atoms with Gasteiger partial charge < -0.3 is 4.74 Å². The van der Waals surface area contributed by atoms with Gasteiger partial charge in [-0.3, -0.25) is 0 Å². The molecule has 21 heavy (non-hydrogen) atoms. The zero-order valence-electron chi connectivity index (χ0n) is 13.0. The molecule has 1 aromatic carbocycles. The van der Waals surface area contributed by atoms with E-state index < -0.39 is 0 Å². The maximum Gasteiger partial charge on any atom is 0.223 e. The molecule has 0 spiro atoms. The van der Waals surface area contributed by atoms with Crippen LogP contribution in [0, 0.1) is 0 Å². The predicted molar refractivity (Wildman–Crippen MR) is 88.9 cm³/mol. The molecule has 0 bridgehead atoms. The van der Waals surface area contributed by atoms with Crippen LogP contribution in [-0.2, 0) is 11.8 Å². The van der Waals surface area contributed by atoms with Crippen molar-refractivity contribution in [2.24, 2.45) is 0 Å². The lowest BCUT2D eigenvalue weighted by Crippen LogP contribution is -2.10. The highest BCUT2D eigenvalue weighted by molar-refractivity contribution is 9.10. The second kappa shape index (κ2) is 6.56. The van der Waals surface area contributed by atoms with Crippen LogP contribution in [0.15, 0.2) is 34.9 Å². The summed E-state index contributed by atoms with van der Waals surface area (Å²) in [6.07, 6.45) is 1.86. The molecule has 0 aliphatic rings. The lowest BCUT2D eigenvalue weighted by Gasteiger charge is -2.19. The quantitative estimate of drug-likeness (QED) is 0.704. The summed E-state index contributed by atoms with van der Waals surface area (Å²) in [6.45, 7) is 8.69. The van der Waals surface area contributed by atoms with E-state index in [0.717, 1.165) is 29.0 Å². The van der Waals surface area contributed by atoms with Crippen molar-refractivity contribution in [3.8, 4) is 11.6 Å². The molecule has 0 aliphatic carbocycles. The van der Waals surface area contributed by atoms with E-state index in [1.807, 2.05) is 12.1 Å². The van der Waals surface area contributed by atoms with Crippen molar-refractivity contribution in [2.45, 2.75) is 46.0 Å². The van der Waals surface area contributed by atoms with Gasteiger partial charge in [-0.2, -0.15) is 4.98 Å². The Labute approximate surface area is 134 Å². The van der Waals surface area contributed by atoms with Gasteiger partial charge in [0.1, 0.15) is 16.2 Å². The standard InChI is InChI=1S/C17H21BrN2O/c1-5-6-15-19-14(18)11-16(20-15)21-13-9-7-12(8-10-13)17(2,3)4/h7-11H,5-6H2,1-4H3. The number of hydrogen-bond acceptors (Lipinski definition) is 3. The minimum Gasteiger partial charge on any atom is -0.439 e. The largest absolute Gasteiger partial charge is 0.439 e. The SMILES string of the molecule is CCCc1nc(Br)cc(Oc2ccc(C(C)(C)C)cc2)n1. The molecule has 0 unspecified atom stereocenters. The van der Waals surface area contributed by atoms with Crippen molar-refractivity contribution < 1.29 is 4.74 Å². The van der Waals surface area contributed by atoms with E-state index in [0.29, 0.717) is 5.88 Å². The van der Waals surface area contributed by atoms with Gasteiger partial charge >= 0.3 is 0 Å². The van der Waals surface area contributed by atoms with Crippen molar-refractivity contribution in [3.63, 3.8) is 0 Å². The van der Waals surface area contributed by atoms with Gasteiger partial charge in [0.25, 0.3) is 0 Å². The molecule has 2 aromatic rings. The van der Waals surface area contributed by atoms with Crippen molar-refractivity contribution in [1.82, 2.24) is 9.97 Å². The van der Waals surface area contributed by atoms with Gasteiger partial charge in [-0.15, -0.1) is 0 Å². The first-order valence-corrected chi connectivity index (χ1v) is 7.99. The summed E-state index contributed by atoms with van der Waals surface area (Å²) in [4.78, 5) is 8.76. The summed E-state index contributed by atoms with van der Waals surface area (Å²) < 4.78 is 6.58. The fourth-order valence-corrected chi connectivity index (χ4v) is 2.37. The summed E-state index contributed by atoms with van der Waals surface area (Å²) in [5.41, 5.74) is 1.43. The van der Waals surface area contributed by atoms with Crippen LogP contribution in [0.25, 0.3) is 0 Å². The highest BCUT2D eigenvalue weighted by Crippen LogP contribution is 2.27. The highest BCUT2D eigenvalue weighted by atomic mass is 79.9. The van der Waals surface area contributed by atoms with Crippen LogP contribution >= 0.6 is 15.9 Å². The first kappa shape index (κ1) is 16.0. The number of aryl methyl sites for hydroxylation is 1. The predicted octanol–water partition coefficient (Wildman–Crippen LogP) is 5.28. The smallest absolute Gasteiger partial charge is 0.223 e. The van der Waals surface area contributed by atoms with Crippen LogP contribution in [0.5, 0.6) is 11.6 Å². The number of nitrogens with zero attached hydrogens (tertiary/aromatic N) is 2. The minimum atomic E-state index is 0.144. The van der Waals surface area contributed by atoms with Gasteiger partial charge in [0.2, 0.25) is 5.88 Å². The maximum absolute atomic E-state index is 5.83. The number of aromatic nitrogens is 2. The van der Waals surface area contributed by atoms with Crippen molar-refractivity contribution >= 4 is 15.9 Å². The third kappa shape index (κ3) is 4.53. The van der Waals surface area contributed by atoms with Gasteiger partial charge in [-0.25, -0.2) is 4.98 Å². The third-order valence-corrected chi connectivity index (χ3v) is 3.54. The van der Waals surface area contributed by atoms with Crippen molar-refractivity contribution in [1.29, 1.82) is 0 Å². The van der Waals surface area contributed by atoms with Gasteiger partial charge in [0, 0.05) is 12.5 Å². The summed E-state index contributed by atoms with van der Waals surface area (Å²) in [6, 6.07) is 9.94. The lowest BCUT2D eigenvalue weighted by molar-refractivity contribution is 0.456. The molecule has 4 heteroatoms. The molecule has 0 radical (unpaired) electrons. The van der Waals surface area contributed by atoms with E-state index in [1.54, 1.807) is 6.07 Å². The average molecular weight is 349 g/mol. The van der Waals surface area contributed by atoms with E-state index in [9.17, 15) is 0 Å². The van der Waals surface area contributed by atoms with Crippen LogP contribution in [0.1, 0.15) is 45.5 Å². The van der Waals surface area contributed by atoms with E-state index in [1.165, 1.54) is 5.56 Å². The number of ether oxygens (including phenoxy) is 1. The van der Waals surface area contributed by atoms with E-state index >= 15 is 0 Å². The van der Waals surface area contributed by atoms with Gasteiger partial charge in [0.05, 0.1) is 0 Å². The fourth-order valence-electron chi connectivity index (χ4n) is 1.97. The van der Waals surface area contributed by atoms with E-state index in [2.05, 4.69) is 65.7 Å². The third-order valence-electron chi connectivity index (χ3n) is 3.13. The van der Waals surface area contributed by atoms with Crippen molar-refractivity contribution in [3.05, 3.63) is 46.3 Å². The van der Waals surface area contributed by atoms with Gasteiger partial charge in [0.15, 0.2) is 0 Å². The second-order valence-electron chi connectivity index (χ2n) is 6.07. The number of halogens is 1. The van der Waals surface area contributed by atoms with Crippen molar-refractivity contribution in [2.75, 3.05) is 0 Å². The molecule has 112 valence electrons. The Morgan fingerprint density at radius 1 is 1.10 bits per heavy atom. The summed E-state index contributed by atoms with van der Waals surface area (Å²) in [7, 11) is 0. The summed E-state index contributed by atoms with van der Waals surface area (Å²) in [5.74, 6) is 2.16. The fraction of sp³-hybridized carbons (Fsp3) is 0.412. The first-order chi connectivity index (χ1) is 9.88. The molecular formula is C17H21BrN2O. The number of rotatable bonds is 4. The normalized spacial score (nSPS) is 11.5. The molecule has 0 atom stereocenters. The monoisotopic (exact) mass is 348 g/mol. The Morgan fingerprint density at radius 2 is 1.76 bits per heavy atom. The second-order valence-corrected chi connectivity index (χ2v) is 6.88. The Bertz CT molecular complexity index is 603. The zero-order chi connectivity index (χ0) is 15.5. The molecule has 0 amide bonds. The van der Waals surface area contributed by atoms with Crippen LogP contribution in [0.4, 0.5) is 0 Å². The number of hydrogen-bond donors (Lipinski definition) is 0. The maximum atomic E-state index is 5.83. The molecule has 3 nitrogen and oxygen atoms in total. The van der Waals surface area contributed by atoms with E-state index in [4.69, 9.17) is 4.74 Å². The molecule has 2 rings (SSSR count). The number of benzene rings is 1. The zero-order valence-corrected chi connectivity index (χ0v) is 14.6. The van der Waals surface area contributed by atoms with Crippen LogP contribution in [-0.4, -0.2) is 9.97 Å². The van der Waals surface area contributed by atoms with Crippen LogP contribution in [0.3, 0.4) is 0 Å². The van der Waals surface area contributed by atoms with Gasteiger partial charge in [-0.1, -0.05) is 39.8 Å². The van der Waals surface area contributed by atoms with Crippen LogP contribution in [0.2, 0.25) is 0 Å². The Morgan fingerprint density at radius 3 is 2.33 bits per heavy atom. The Kier molecular flexibility index (Phi) is 4.99. The topological polar surface area (TPSA) is 35.0 Å². The molecule has 1 heterocycles. The lowest BCUT2D eigenvalue weighted by atomic mass is 9.87. The molecule has 1 aromatic heterocycles. The summed E-state index contributed by atoms with van der Waals surface area (Å²) in [5, 5.41) is 0. The molecule has 0 saturated carbocycles. The minimum absolute atomic E-state index is 0.144. The first-order valence-electron chi connectivity index (χ1n) is 7.20. The molecule has 0 N–H and O–H groups in total. The molecule has 0 saturated heterocycles. The van der Waals surface area contributed by atoms with Gasteiger partial charge in [-0.05, 0) is 45.5 Å². The molecular weight excluding hydrogens is 328 g/mol.